The Bertz CT molecular complexity index is 975. The maximum absolute atomic E-state index is 13.1. The highest BCUT2D eigenvalue weighted by Gasteiger charge is 2.21. The van der Waals surface area contributed by atoms with Crippen LogP contribution in [0.2, 0.25) is 0 Å². The molecule has 0 aliphatic rings. The minimum absolute atomic E-state index is 0.00635. The van der Waals surface area contributed by atoms with Crippen LogP contribution in [-0.4, -0.2) is 49.5 Å². The first-order valence-corrected chi connectivity index (χ1v) is 19.7. The lowest BCUT2D eigenvalue weighted by molar-refractivity contribution is -0.129. The van der Waals surface area contributed by atoms with Crippen LogP contribution in [0, 0.1) is 0 Å². The van der Waals surface area contributed by atoms with Gasteiger partial charge >= 0.3 is 6.09 Å². The standard InChI is InChI=1S/C40H70N4O5/c1-3-5-7-9-11-13-15-17-19-24-31-41-37(45)29-28-36(39(47)42-32-25-20-18-16-14-12-10-8-6-4-2)44-38(46)30-33-43-40(48)49-34-35-26-22-21-23-27-35/h21-23,26-27,36H,3-20,24-25,28-34H2,1-2H3,(H,41,45)(H,42,47)(H,43,48)(H,44,46). The number of rotatable bonds is 32. The van der Waals surface area contributed by atoms with Gasteiger partial charge in [0.25, 0.3) is 0 Å². The molecule has 0 spiro atoms. The molecule has 1 aromatic rings. The van der Waals surface area contributed by atoms with Crippen molar-refractivity contribution in [2.75, 3.05) is 19.6 Å². The third-order valence-corrected chi connectivity index (χ3v) is 8.83. The molecule has 1 aromatic carbocycles. The van der Waals surface area contributed by atoms with E-state index in [1.54, 1.807) is 0 Å². The summed E-state index contributed by atoms with van der Waals surface area (Å²) in [7, 11) is 0. The second-order valence-corrected chi connectivity index (χ2v) is 13.4. The molecule has 1 unspecified atom stereocenters. The minimum Gasteiger partial charge on any atom is -0.445 e. The number of carbonyl (C=O) groups is 4. The molecule has 0 radical (unpaired) electrons. The molecule has 9 heteroatoms. The maximum Gasteiger partial charge on any atom is 0.407 e. The van der Waals surface area contributed by atoms with Crippen LogP contribution < -0.4 is 21.3 Å². The first kappa shape index (κ1) is 43.9. The zero-order chi connectivity index (χ0) is 35.6. The Balaban J connectivity index is 2.37. The summed E-state index contributed by atoms with van der Waals surface area (Å²) in [5.41, 5.74) is 0.870. The van der Waals surface area contributed by atoms with E-state index in [1.165, 1.54) is 96.3 Å². The van der Waals surface area contributed by atoms with Crippen LogP contribution in [0.4, 0.5) is 4.79 Å². The molecule has 280 valence electrons. The largest absolute Gasteiger partial charge is 0.445 e. The first-order valence-electron chi connectivity index (χ1n) is 19.7. The number of amides is 4. The van der Waals surface area contributed by atoms with E-state index in [1.807, 2.05) is 30.3 Å². The zero-order valence-electron chi connectivity index (χ0n) is 31.1. The smallest absolute Gasteiger partial charge is 0.407 e. The van der Waals surface area contributed by atoms with Crippen LogP contribution >= 0.6 is 0 Å². The van der Waals surface area contributed by atoms with Gasteiger partial charge in [-0.1, -0.05) is 160 Å². The Kier molecular flexibility index (Phi) is 28.8. The molecule has 1 rings (SSSR count). The van der Waals surface area contributed by atoms with Crippen molar-refractivity contribution >= 4 is 23.8 Å². The molecule has 0 saturated carbocycles. The summed E-state index contributed by atoms with van der Waals surface area (Å²) in [4.78, 5) is 50.4. The van der Waals surface area contributed by atoms with E-state index in [0.29, 0.717) is 13.1 Å². The van der Waals surface area contributed by atoms with E-state index in [0.717, 1.165) is 37.7 Å². The Hall–Kier alpha value is -3.10. The van der Waals surface area contributed by atoms with Gasteiger partial charge in [-0.3, -0.25) is 14.4 Å². The van der Waals surface area contributed by atoms with Crippen LogP contribution in [-0.2, 0) is 25.7 Å². The highest BCUT2D eigenvalue weighted by Crippen LogP contribution is 2.12. The Morgan fingerprint density at radius 3 is 1.57 bits per heavy atom. The monoisotopic (exact) mass is 687 g/mol. The second-order valence-electron chi connectivity index (χ2n) is 13.4. The number of unbranched alkanes of at least 4 members (excludes halogenated alkanes) is 18. The first-order chi connectivity index (χ1) is 24.0. The van der Waals surface area contributed by atoms with Crippen LogP contribution in [0.15, 0.2) is 30.3 Å². The van der Waals surface area contributed by atoms with Crippen LogP contribution in [0.1, 0.15) is 167 Å². The molecular weight excluding hydrogens is 616 g/mol. The molecule has 4 N–H and O–H groups in total. The molecule has 49 heavy (non-hydrogen) atoms. The van der Waals surface area contributed by atoms with E-state index >= 15 is 0 Å². The SMILES string of the molecule is CCCCCCCCCCCCNC(=O)CCC(NC(=O)CCNC(=O)OCc1ccccc1)C(=O)NCCCCCCCCCCCC. The summed E-state index contributed by atoms with van der Waals surface area (Å²) in [5, 5.41) is 11.3. The summed E-state index contributed by atoms with van der Waals surface area (Å²) in [6.07, 6.45) is 24.3. The highest BCUT2D eigenvalue weighted by atomic mass is 16.5. The maximum atomic E-state index is 13.1. The van der Waals surface area contributed by atoms with Gasteiger partial charge in [-0.15, -0.1) is 0 Å². The lowest BCUT2D eigenvalue weighted by atomic mass is 10.1. The predicted octanol–water partition coefficient (Wildman–Crippen LogP) is 8.64. The normalized spacial score (nSPS) is 11.5. The molecule has 1 atom stereocenters. The summed E-state index contributed by atoms with van der Waals surface area (Å²) in [6.45, 7) is 5.86. The molecule has 0 bridgehead atoms. The Morgan fingerprint density at radius 1 is 0.551 bits per heavy atom. The van der Waals surface area contributed by atoms with Crippen molar-refractivity contribution < 1.29 is 23.9 Å². The molecule has 0 aromatic heterocycles. The van der Waals surface area contributed by atoms with Crippen LogP contribution in [0.3, 0.4) is 0 Å². The van der Waals surface area contributed by atoms with Crippen molar-refractivity contribution in [2.45, 2.75) is 174 Å². The molecule has 0 heterocycles. The van der Waals surface area contributed by atoms with Crippen molar-refractivity contribution in [3.63, 3.8) is 0 Å². The van der Waals surface area contributed by atoms with Crippen molar-refractivity contribution in [1.29, 1.82) is 0 Å². The average molecular weight is 687 g/mol. The topological polar surface area (TPSA) is 126 Å². The summed E-state index contributed by atoms with van der Waals surface area (Å²) in [5.74, 6) is -0.754. The summed E-state index contributed by atoms with van der Waals surface area (Å²) in [6, 6.07) is 8.53. The Morgan fingerprint density at radius 2 is 1.04 bits per heavy atom. The van der Waals surface area contributed by atoms with Crippen LogP contribution in [0.25, 0.3) is 0 Å². The molecule has 0 aliphatic heterocycles. The van der Waals surface area contributed by atoms with Gasteiger partial charge in [-0.25, -0.2) is 4.79 Å². The van der Waals surface area contributed by atoms with E-state index in [9.17, 15) is 19.2 Å². The van der Waals surface area contributed by atoms with Gasteiger partial charge in [-0.2, -0.15) is 0 Å². The van der Waals surface area contributed by atoms with Gasteiger partial charge in [0.05, 0.1) is 0 Å². The lowest BCUT2D eigenvalue weighted by Crippen LogP contribution is -2.48. The second kappa shape index (κ2) is 32.1. The van der Waals surface area contributed by atoms with E-state index < -0.39 is 12.1 Å². The molecule has 0 saturated heterocycles. The molecule has 9 nitrogen and oxygen atoms in total. The quantitative estimate of drug-likeness (QED) is 0.0565. The van der Waals surface area contributed by atoms with E-state index in [2.05, 4.69) is 35.1 Å². The number of hydrogen-bond acceptors (Lipinski definition) is 5. The molecular formula is C40H70N4O5. The third kappa shape index (κ3) is 27.4. The zero-order valence-corrected chi connectivity index (χ0v) is 31.1. The van der Waals surface area contributed by atoms with E-state index in [4.69, 9.17) is 4.74 Å². The van der Waals surface area contributed by atoms with Gasteiger partial charge in [-0.05, 0) is 24.8 Å². The number of carbonyl (C=O) groups excluding carboxylic acids is 4. The molecule has 4 amide bonds. The van der Waals surface area contributed by atoms with Crippen molar-refractivity contribution in [2.24, 2.45) is 0 Å². The van der Waals surface area contributed by atoms with Gasteiger partial charge in [0, 0.05) is 32.5 Å². The van der Waals surface area contributed by atoms with Crippen molar-refractivity contribution in [1.82, 2.24) is 21.3 Å². The molecule has 0 fully saturated rings. The molecule has 0 aliphatic carbocycles. The van der Waals surface area contributed by atoms with Crippen LogP contribution in [0.5, 0.6) is 0 Å². The lowest BCUT2D eigenvalue weighted by Gasteiger charge is -2.19. The predicted molar refractivity (Wildman–Crippen MR) is 200 cm³/mol. The summed E-state index contributed by atoms with van der Waals surface area (Å²) >= 11 is 0. The fourth-order valence-electron chi connectivity index (χ4n) is 5.74. The van der Waals surface area contributed by atoms with Gasteiger partial charge in [0.15, 0.2) is 0 Å². The number of benzene rings is 1. The van der Waals surface area contributed by atoms with E-state index in [-0.39, 0.29) is 50.1 Å². The average Bonchev–Trinajstić information content (AvgIpc) is 3.10. The number of ether oxygens (including phenoxy) is 1. The fraction of sp³-hybridized carbons (Fsp3) is 0.750. The fourth-order valence-corrected chi connectivity index (χ4v) is 5.74. The Labute approximate surface area is 298 Å². The number of nitrogens with one attached hydrogen (secondary N) is 4. The minimum atomic E-state index is -0.816. The van der Waals surface area contributed by atoms with Gasteiger partial charge < -0.3 is 26.0 Å². The van der Waals surface area contributed by atoms with Gasteiger partial charge in [0.1, 0.15) is 12.6 Å². The number of alkyl carbamates (subject to hydrolysis) is 1. The van der Waals surface area contributed by atoms with Crippen molar-refractivity contribution in [3.05, 3.63) is 35.9 Å². The summed E-state index contributed by atoms with van der Waals surface area (Å²) < 4.78 is 5.19. The van der Waals surface area contributed by atoms with Gasteiger partial charge in [0.2, 0.25) is 17.7 Å². The third-order valence-electron chi connectivity index (χ3n) is 8.83. The van der Waals surface area contributed by atoms with Crippen molar-refractivity contribution in [3.8, 4) is 0 Å². The number of hydrogen-bond donors (Lipinski definition) is 4. The highest BCUT2D eigenvalue weighted by molar-refractivity contribution is 5.88.